The highest BCUT2D eigenvalue weighted by molar-refractivity contribution is 6.35. The Labute approximate surface area is 115 Å². The summed E-state index contributed by atoms with van der Waals surface area (Å²) in [5.41, 5.74) is 0.824. The molecule has 2 heterocycles. The third-order valence-corrected chi connectivity index (χ3v) is 2.71. The molecule has 0 aliphatic heterocycles. The molecule has 0 bridgehead atoms. The molecule has 8 heteroatoms. The van der Waals surface area contributed by atoms with E-state index in [1.165, 1.54) is 0 Å². The fourth-order valence-electron chi connectivity index (χ4n) is 1.47. The van der Waals surface area contributed by atoms with E-state index in [0.717, 1.165) is 0 Å². The predicted molar refractivity (Wildman–Crippen MR) is 73.8 cm³/mol. The van der Waals surface area contributed by atoms with Gasteiger partial charge in [-0.1, -0.05) is 11.6 Å². The van der Waals surface area contributed by atoms with E-state index < -0.39 is 0 Å². The van der Waals surface area contributed by atoms with Gasteiger partial charge >= 0.3 is 0 Å². The number of hydrogen-bond acceptors (Lipinski definition) is 6. The van der Waals surface area contributed by atoms with Crippen LogP contribution in [-0.4, -0.2) is 48.1 Å². The Kier molecular flexibility index (Phi) is 3.41. The minimum absolute atomic E-state index is 0.0594. The molecule has 0 aromatic carbocycles. The van der Waals surface area contributed by atoms with Crippen LogP contribution in [0, 0.1) is 0 Å². The van der Waals surface area contributed by atoms with Gasteiger partial charge in [-0.05, 0) is 11.6 Å². The summed E-state index contributed by atoms with van der Waals surface area (Å²) in [6.45, 7) is 0. The Hall–Kier alpha value is -1.40. The molecule has 18 heavy (non-hydrogen) atoms. The summed E-state index contributed by atoms with van der Waals surface area (Å²) in [5.74, 6) is 1.39. The molecule has 2 aromatic rings. The summed E-state index contributed by atoms with van der Waals surface area (Å²) in [6.07, 6.45) is 0. The Morgan fingerprint density at radius 1 is 0.778 bits per heavy atom. The summed E-state index contributed by atoms with van der Waals surface area (Å²) in [6, 6.07) is 0. The number of hydrogen-bond donors (Lipinski definition) is 0. The molecule has 0 amide bonds. The molecule has 0 fully saturated rings. The van der Waals surface area contributed by atoms with E-state index in [9.17, 15) is 0 Å². The Bertz CT molecular complexity index is 598. The summed E-state index contributed by atoms with van der Waals surface area (Å²) in [7, 11) is 7.53. The van der Waals surface area contributed by atoms with E-state index in [-0.39, 0.29) is 10.4 Å². The van der Waals surface area contributed by atoms with Crippen LogP contribution in [-0.2, 0) is 0 Å². The van der Waals surface area contributed by atoms with E-state index in [1.54, 1.807) is 0 Å². The van der Waals surface area contributed by atoms with Crippen LogP contribution in [0.2, 0.25) is 10.4 Å². The Morgan fingerprint density at radius 2 is 1.33 bits per heavy atom. The van der Waals surface area contributed by atoms with Gasteiger partial charge in [0.15, 0.2) is 22.4 Å². The van der Waals surface area contributed by atoms with Crippen molar-refractivity contribution in [3.8, 4) is 0 Å². The van der Waals surface area contributed by atoms with Gasteiger partial charge in [0.05, 0.1) is 0 Å². The normalized spacial score (nSPS) is 10.8. The van der Waals surface area contributed by atoms with Crippen molar-refractivity contribution in [3.05, 3.63) is 10.4 Å². The minimum atomic E-state index is 0.0594. The number of anilines is 2. The molecule has 2 rings (SSSR count). The summed E-state index contributed by atoms with van der Waals surface area (Å²) < 4.78 is 0. The Balaban J connectivity index is 2.80. The first-order valence-corrected chi connectivity index (χ1v) is 5.91. The zero-order valence-electron chi connectivity index (χ0n) is 10.4. The van der Waals surface area contributed by atoms with Gasteiger partial charge in [0, 0.05) is 28.2 Å². The van der Waals surface area contributed by atoms with Crippen LogP contribution in [0.1, 0.15) is 0 Å². The first-order chi connectivity index (χ1) is 8.40. The molecule has 0 atom stereocenters. The molecule has 2 aromatic heterocycles. The van der Waals surface area contributed by atoms with Gasteiger partial charge in [-0.15, -0.1) is 0 Å². The molecule has 96 valence electrons. The van der Waals surface area contributed by atoms with Crippen LogP contribution < -0.4 is 9.80 Å². The summed E-state index contributed by atoms with van der Waals surface area (Å²) in [4.78, 5) is 20.5. The molecule has 6 nitrogen and oxygen atoms in total. The fourth-order valence-corrected chi connectivity index (χ4v) is 1.89. The van der Waals surface area contributed by atoms with Gasteiger partial charge in [-0.25, -0.2) is 15.0 Å². The second-order valence-corrected chi connectivity index (χ2v) is 4.81. The van der Waals surface area contributed by atoms with Crippen molar-refractivity contribution in [2.24, 2.45) is 0 Å². The fraction of sp³-hybridized carbons (Fsp3) is 0.400. The SMILES string of the molecule is CN(C)c1nc2nc(Cl)nc(Cl)c2nc1N(C)C. The van der Waals surface area contributed by atoms with Crippen molar-refractivity contribution >= 4 is 46.0 Å². The van der Waals surface area contributed by atoms with E-state index in [0.29, 0.717) is 22.8 Å². The van der Waals surface area contributed by atoms with Crippen molar-refractivity contribution in [2.75, 3.05) is 38.0 Å². The average Bonchev–Trinajstić information content (AvgIpc) is 2.26. The van der Waals surface area contributed by atoms with E-state index in [2.05, 4.69) is 19.9 Å². The van der Waals surface area contributed by atoms with Crippen LogP contribution in [0.3, 0.4) is 0 Å². The maximum absolute atomic E-state index is 6.00. The molecular weight excluding hydrogens is 275 g/mol. The highest BCUT2D eigenvalue weighted by Gasteiger charge is 2.16. The van der Waals surface area contributed by atoms with Crippen molar-refractivity contribution in [3.63, 3.8) is 0 Å². The molecular formula is C10H12Cl2N6. The third kappa shape index (κ3) is 2.26. The Morgan fingerprint density at radius 3 is 1.89 bits per heavy atom. The summed E-state index contributed by atoms with van der Waals surface area (Å²) >= 11 is 11.8. The molecule has 0 spiro atoms. The second kappa shape index (κ2) is 4.70. The van der Waals surface area contributed by atoms with Crippen LogP contribution >= 0.6 is 23.2 Å². The lowest BCUT2D eigenvalue weighted by Gasteiger charge is -2.20. The van der Waals surface area contributed by atoms with Crippen molar-refractivity contribution in [1.29, 1.82) is 0 Å². The monoisotopic (exact) mass is 286 g/mol. The zero-order valence-corrected chi connectivity index (χ0v) is 12.0. The quantitative estimate of drug-likeness (QED) is 0.620. The number of aromatic nitrogens is 4. The van der Waals surface area contributed by atoms with Gasteiger partial charge in [0.25, 0.3) is 0 Å². The van der Waals surface area contributed by atoms with Crippen molar-refractivity contribution in [2.45, 2.75) is 0 Å². The van der Waals surface area contributed by atoms with Gasteiger partial charge in [0.2, 0.25) is 5.28 Å². The molecule has 0 unspecified atom stereocenters. The summed E-state index contributed by atoms with van der Waals surface area (Å²) in [5, 5.41) is 0.259. The van der Waals surface area contributed by atoms with Gasteiger partial charge in [-0.3, -0.25) is 0 Å². The topological polar surface area (TPSA) is 58.0 Å². The smallest absolute Gasteiger partial charge is 0.225 e. The zero-order chi connectivity index (χ0) is 13.4. The molecule has 0 radical (unpaired) electrons. The van der Waals surface area contributed by atoms with E-state index in [4.69, 9.17) is 23.2 Å². The van der Waals surface area contributed by atoms with Crippen LogP contribution in [0.15, 0.2) is 0 Å². The van der Waals surface area contributed by atoms with Gasteiger partial charge in [-0.2, -0.15) is 4.98 Å². The maximum Gasteiger partial charge on any atom is 0.225 e. The molecule has 0 saturated heterocycles. The number of halogens is 2. The lowest BCUT2D eigenvalue weighted by molar-refractivity contribution is 0.995. The van der Waals surface area contributed by atoms with Gasteiger partial charge < -0.3 is 9.80 Å². The molecule has 0 aliphatic carbocycles. The largest absolute Gasteiger partial charge is 0.360 e. The highest BCUT2D eigenvalue weighted by atomic mass is 35.5. The lowest BCUT2D eigenvalue weighted by atomic mass is 10.4. The molecule has 0 N–H and O–H groups in total. The van der Waals surface area contributed by atoms with E-state index in [1.807, 2.05) is 38.0 Å². The van der Waals surface area contributed by atoms with Gasteiger partial charge in [0.1, 0.15) is 5.52 Å². The van der Waals surface area contributed by atoms with Crippen molar-refractivity contribution in [1.82, 2.24) is 19.9 Å². The number of nitrogens with zero attached hydrogens (tertiary/aromatic N) is 6. The van der Waals surface area contributed by atoms with Crippen LogP contribution in [0.4, 0.5) is 11.6 Å². The maximum atomic E-state index is 6.00. The second-order valence-electron chi connectivity index (χ2n) is 4.12. The molecule has 0 saturated carbocycles. The minimum Gasteiger partial charge on any atom is -0.360 e. The molecule has 0 aliphatic rings. The highest BCUT2D eigenvalue weighted by Crippen LogP contribution is 2.27. The predicted octanol–water partition coefficient (Wildman–Crippen LogP) is 1.86. The van der Waals surface area contributed by atoms with Crippen LogP contribution in [0.25, 0.3) is 11.2 Å². The van der Waals surface area contributed by atoms with E-state index >= 15 is 0 Å². The number of fused-ring (bicyclic) bond motifs is 1. The first-order valence-electron chi connectivity index (χ1n) is 5.15. The third-order valence-electron chi connectivity index (χ3n) is 2.27. The average molecular weight is 287 g/mol. The van der Waals surface area contributed by atoms with Crippen LogP contribution in [0.5, 0.6) is 0 Å². The first kappa shape index (κ1) is 13.0. The number of rotatable bonds is 2. The standard InChI is InChI=1S/C10H12Cl2N6/c1-17(2)8-9(18(3)4)15-7-5(13-8)6(11)14-10(12)16-7/h1-4H3. The lowest BCUT2D eigenvalue weighted by Crippen LogP contribution is -2.20. The van der Waals surface area contributed by atoms with Crippen molar-refractivity contribution < 1.29 is 0 Å².